The van der Waals surface area contributed by atoms with Crippen LogP contribution in [0.1, 0.15) is 27.7 Å². The summed E-state index contributed by atoms with van der Waals surface area (Å²) < 4.78 is 5.15. The van der Waals surface area contributed by atoms with Crippen molar-refractivity contribution in [3.05, 3.63) is 36.5 Å². The molecule has 0 fully saturated rings. The van der Waals surface area contributed by atoms with Gasteiger partial charge in [0.15, 0.2) is 0 Å². The van der Waals surface area contributed by atoms with Crippen LogP contribution in [0.15, 0.2) is 36.5 Å². The van der Waals surface area contributed by atoms with E-state index in [0.29, 0.717) is 0 Å². The third-order valence-electron chi connectivity index (χ3n) is 1.49. The highest BCUT2D eigenvalue weighted by atomic mass is 16.5. The van der Waals surface area contributed by atoms with Gasteiger partial charge >= 0.3 is 0 Å². The lowest BCUT2D eigenvalue weighted by Crippen LogP contribution is -2.06. The van der Waals surface area contributed by atoms with E-state index in [-0.39, 0.29) is 6.10 Å². The van der Waals surface area contributed by atoms with Gasteiger partial charge in [-0.05, 0) is 19.4 Å². The van der Waals surface area contributed by atoms with E-state index in [1.54, 1.807) is 13.2 Å². The first-order valence-electron chi connectivity index (χ1n) is 4.74. The second-order valence-electron chi connectivity index (χ2n) is 2.28. The SMILES string of the molecule is C=C/C=C(\C=C/C)C(C)OC.CC. The lowest BCUT2D eigenvalue weighted by atomic mass is 10.1. The molecule has 0 N–H and O–H groups in total. The number of methoxy groups -OCH3 is 1. The van der Waals surface area contributed by atoms with Crippen molar-refractivity contribution in [3.63, 3.8) is 0 Å². The molecule has 13 heavy (non-hydrogen) atoms. The Morgan fingerprint density at radius 3 is 2.23 bits per heavy atom. The molecule has 0 amide bonds. The molecule has 76 valence electrons. The first-order valence-corrected chi connectivity index (χ1v) is 4.74. The highest BCUT2D eigenvalue weighted by Crippen LogP contribution is 2.06. The molecular weight excluding hydrogens is 160 g/mol. The molecule has 1 unspecified atom stereocenters. The summed E-state index contributed by atoms with van der Waals surface area (Å²) in [5, 5.41) is 0. The van der Waals surface area contributed by atoms with Crippen molar-refractivity contribution in [2.45, 2.75) is 33.8 Å². The lowest BCUT2D eigenvalue weighted by molar-refractivity contribution is 0.149. The normalized spacial score (nSPS) is 13.5. The van der Waals surface area contributed by atoms with E-state index in [9.17, 15) is 0 Å². The summed E-state index contributed by atoms with van der Waals surface area (Å²) in [7, 11) is 1.70. The van der Waals surface area contributed by atoms with Crippen LogP contribution in [0.4, 0.5) is 0 Å². The highest BCUT2D eigenvalue weighted by molar-refractivity contribution is 5.25. The minimum atomic E-state index is 0.143. The molecule has 1 nitrogen and oxygen atoms in total. The Hall–Kier alpha value is -0.820. The molecule has 1 atom stereocenters. The monoisotopic (exact) mass is 182 g/mol. The van der Waals surface area contributed by atoms with Crippen LogP contribution in [0.25, 0.3) is 0 Å². The molecule has 0 saturated heterocycles. The van der Waals surface area contributed by atoms with Crippen LogP contribution >= 0.6 is 0 Å². The van der Waals surface area contributed by atoms with Gasteiger partial charge in [-0.1, -0.05) is 44.7 Å². The van der Waals surface area contributed by atoms with Crippen LogP contribution in [-0.2, 0) is 4.74 Å². The predicted molar refractivity (Wildman–Crippen MR) is 60.9 cm³/mol. The maximum Gasteiger partial charge on any atom is 0.0792 e. The van der Waals surface area contributed by atoms with Crippen LogP contribution < -0.4 is 0 Å². The van der Waals surface area contributed by atoms with E-state index in [1.165, 1.54) is 0 Å². The molecule has 1 heteroatoms. The fourth-order valence-corrected chi connectivity index (χ4v) is 0.791. The Labute approximate surface area is 82.8 Å². The zero-order chi connectivity index (χ0) is 10.7. The summed E-state index contributed by atoms with van der Waals surface area (Å²) in [6.45, 7) is 11.6. The van der Waals surface area contributed by atoms with Crippen molar-refractivity contribution >= 4 is 0 Å². The lowest BCUT2D eigenvalue weighted by Gasteiger charge is -2.09. The third-order valence-corrected chi connectivity index (χ3v) is 1.49. The van der Waals surface area contributed by atoms with Crippen molar-refractivity contribution in [3.8, 4) is 0 Å². The van der Waals surface area contributed by atoms with Gasteiger partial charge in [-0.25, -0.2) is 0 Å². The second kappa shape index (κ2) is 11.2. The topological polar surface area (TPSA) is 9.23 Å². The average molecular weight is 182 g/mol. The molecule has 0 saturated carbocycles. The Balaban J connectivity index is 0. The van der Waals surface area contributed by atoms with Crippen molar-refractivity contribution in [1.29, 1.82) is 0 Å². The molecule has 0 aliphatic rings. The largest absolute Gasteiger partial charge is 0.377 e. The van der Waals surface area contributed by atoms with Gasteiger partial charge in [-0.3, -0.25) is 0 Å². The highest BCUT2D eigenvalue weighted by Gasteiger charge is 2.01. The summed E-state index contributed by atoms with van der Waals surface area (Å²) in [5.41, 5.74) is 1.14. The molecular formula is C12H22O. The van der Waals surface area contributed by atoms with Crippen molar-refractivity contribution in [1.82, 2.24) is 0 Å². The van der Waals surface area contributed by atoms with Crippen LogP contribution in [0, 0.1) is 0 Å². The van der Waals surface area contributed by atoms with Gasteiger partial charge in [0.05, 0.1) is 6.10 Å². The van der Waals surface area contributed by atoms with Crippen LogP contribution in [0.3, 0.4) is 0 Å². The summed E-state index contributed by atoms with van der Waals surface area (Å²) in [6, 6.07) is 0. The van der Waals surface area contributed by atoms with E-state index < -0.39 is 0 Å². The van der Waals surface area contributed by atoms with Crippen molar-refractivity contribution in [2.75, 3.05) is 7.11 Å². The van der Waals surface area contributed by atoms with Crippen LogP contribution in [-0.4, -0.2) is 13.2 Å². The fraction of sp³-hybridized carbons (Fsp3) is 0.500. The van der Waals surface area contributed by atoms with Gasteiger partial charge in [-0.2, -0.15) is 0 Å². The molecule has 0 aromatic rings. The molecule has 0 bridgehead atoms. The van der Waals surface area contributed by atoms with Gasteiger partial charge < -0.3 is 4.74 Å². The average Bonchev–Trinajstić information content (AvgIpc) is 2.19. The predicted octanol–water partition coefficient (Wildman–Crippen LogP) is 3.74. The Morgan fingerprint density at radius 1 is 1.38 bits per heavy atom. The van der Waals surface area contributed by atoms with Gasteiger partial charge in [0.1, 0.15) is 0 Å². The van der Waals surface area contributed by atoms with Crippen molar-refractivity contribution in [2.24, 2.45) is 0 Å². The number of rotatable bonds is 4. The summed E-state index contributed by atoms with van der Waals surface area (Å²) in [5.74, 6) is 0. The zero-order valence-corrected chi connectivity index (χ0v) is 9.50. The standard InChI is InChI=1S/C10H16O.C2H6/c1-5-7-10(8-6-2)9(3)11-4;1-2/h5-9H,1H2,2-4H3;1-2H3/b8-6-,10-7+;. The number of allylic oxidation sites excluding steroid dienone is 3. The molecule has 0 aliphatic carbocycles. The first-order chi connectivity index (χ1) is 6.26. The van der Waals surface area contributed by atoms with E-state index in [0.717, 1.165) is 5.57 Å². The summed E-state index contributed by atoms with van der Waals surface area (Å²) >= 11 is 0. The maximum absolute atomic E-state index is 5.15. The molecule has 0 spiro atoms. The van der Waals surface area contributed by atoms with Gasteiger partial charge in [0, 0.05) is 7.11 Å². The van der Waals surface area contributed by atoms with Gasteiger partial charge in [0.25, 0.3) is 0 Å². The zero-order valence-electron chi connectivity index (χ0n) is 9.50. The van der Waals surface area contributed by atoms with Gasteiger partial charge in [-0.15, -0.1) is 0 Å². The maximum atomic E-state index is 5.15. The van der Waals surface area contributed by atoms with Gasteiger partial charge in [0.2, 0.25) is 0 Å². The number of hydrogen-bond donors (Lipinski definition) is 0. The molecule has 0 radical (unpaired) electrons. The quantitative estimate of drug-likeness (QED) is 0.602. The second-order valence-corrected chi connectivity index (χ2v) is 2.28. The number of hydrogen-bond acceptors (Lipinski definition) is 1. The smallest absolute Gasteiger partial charge is 0.0792 e. The Kier molecular flexibility index (Phi) is 12.6. The molecule has 0 aliphatic heterocycles. The molecule has 0 rings (SSSR count). The summed E-state index contributed by atoms with van der Waals surface area (Å²) in [6.07, 6.45) is 7.88. The van der Waals surface area contributed by atoms with E-state index in [1.807, 2.05) is 45.9 Å². The van der Waals surface area contributed by atoms with Crippen LogP contribution in [0.5, 0.6) is 0 Å². The third kappa shape index (κ3) is 7.54. The summed E-state index contributed by atoms with van der Waals surface area (Å²) in [4.78, 5) is 0. The van der Waals surface area contributed by atoms with Crippen LogP contribution in [0.2, 0.25) is 0 Å². The fourth-order valence-electron chi connectivity index (χ4n) is 0.791. The minimum Gasteiger partial charge on any atom is -0.377 e. The Bertz CT molecular complexity index is 166. The minimum absolute atomic E-state index is 0.143. The van der Waals surface area contributed by atoms with E-state index >= 15 is 0 Å². The van der Waals surface area contributed by atoms with E-state index in [4.69, 9.17) is 4.74 Å². The Morgan fingerprint density at radius 2 is 1.92 bits per heavy atom. The first kappa shape index (κ1) is 14.7. The molecule has 0 heterocycles. The number of ether oxygens (including phenoxy) is 1. The molecule has 0 aromatic heterocycles. The molecule has 0 aromatic carbocycles. The van der Waals surface area contributed by atoms with Crippen molar-refractivity contribution < 1.29 is 4.74 Å². The van der Waals surface area contributed by atoms with E-state index in [2.05, 4.69) is 6.58 Å².